The van der Waals surface area contributed by atoms with E-state index in [9.17, 15) is 5.26 Å². The molecule has 3 aromatic rings. The predicted octanol–water partition coefficient (Wildman–Crippen LogP) is 4.17. The van der Waals surface area contributed by atoms with E-state index in [2.05, 4.69) is 26.4 Å². The third-order valence-corrected chi connectivity index (χ3v) is 4.90. The zero-order valence-corrected chi connectivity index (χ0v) is 16.4. The monoisotopic (exact) mass is 391 g/mol. The minimum Gasteiger partial charge on any atom is -0.437 e. The molecule has 148 valence electrons. The molecule has 0 saturated carbocycles. The molecule has 0 N–H and O–H groups in total. The fraction of sp³-hybridized carbons (Fsp3) is 0.381. The van der Waals surface area contributed by atoms with Crippen molar-refractivity contribution in [1.82, 2.24) is 20.3 Å². The summed E-state index contributed by atoms with van der Waals surface area (Å²) in [5.74, 6) is 1.78. The van der Waals surface area contributed by atoms with Gasteiger partial charge < -0.3 is 14.0 Å². The third-order valence-electron chi connectivity index (χ3n) is 4.90. The van der Waals surface area contributed by atoms with Gasteiger partial charge in [0.25, 0.3) is 11.8 Å². The Kier molecular flexibility index (Phi) is 5.49. The summed E-state index contributed by atoms with van der Waals surface area (Å²) in [6.07, 6.45) is 3.20. The molecule has 8 heteroatoms. The second kappa shape index (κ2) is 8.37. The topological polar surface area (TPSA) is 107 Å². The van der Waals surface area contributed by atoms with Crippen LogP contribution in [0.25, 0.3) is 11.4 Å². The average molecular weight is 391 g/mol. The Morgan fingerprint density at radius 3 is 2.66 bits per heavy atom. The van der Waals surface area contributed by atoms with E-state index in [1.165, 1.54) is 0 Å². The van der Waals surface area contributed by atoms with Crippen molar-refractivity contribution < 1.29 is 14.0 Å². The molecule has 1 atom stereocenters. The van der Waals surface area contributed by atoms with Gasteiger partial charge in [-0.2, -0.15) is 15.3 Å². The van der Waals surface area contributed by atoms with Gasteiger partial charge in [-0.15, -0.1) is 5.10 Å². The first-order valence-electron chi connectivity index (χ1n) is 9.75. The Balaban J connectivity index is 1.54. The number of hydrogen-bond acceptors (Lipinski definition) is 8. The van der Waals surface area contributed by atoms with E-state index in [0.29, 0.717) is 29.4 Å². The summed E-state index contributed by atoms with van der Waals surface area (Å²) in [4.78, 5) is 4.44. The van der Waals surface area contributed by atoms with E-state index in [-0.39, 0.29) is 12.0 Å². The molecule has 4 rings (SSSR count). The fourth-order valence-electron chi connectivity index (χ4n) is 3.38. The lowest BCUT2D eigenvalue weighted by Gasteiger charge is -2.11. The molecule has 0 aliphatic carbocycles. The molecule has 1 aromatic carbocycles. The summed E-state index contributed by atoms with van der Waals surface area (Å²) in [5.41, 5.74) is 2.94. The van der Waals surface area contributed by atoms with Crippen molar-refractivity contribution in [2.45, 2.75) is 45.6 Å². The number of benzene rings is 1. The lowest BCUT2D eigenvalue weighted by Crippen LogP contribution is -2.05. The van der Waals surface area contributed by atoms with Crippen LogP contribution in [0.3, 0.4) is 0 Å². The van der Waals surface area contributed by atoms with E-state index in [0.717, 1.165) is 42.7 Å². The van der Waals surface area contributed by atoms with Gasteiger partial charge in [0.2, 0.25) is 5.82 Å². The van der Waals surface area contributed by atoms with Gasteiger partial charge in [0.1, 0.15) is 23.5 Å². The highest BCUT2D eigenvalue weighted by atomic mass is 16.5. The van der Waals surface area contributed by atoms with Crippen molar-refractivity contribution in [1.29, 1.82) is 5.26 Å². The maximum absolute atomic E-state index is 9.58. The first-order chi connectivity index (χ1) is 14.2. The largest absolute Gasteiger partial charge is 0.437 e. The van der Waals surface area contributed by atoms with Gasteiger partial charge in [0, 0.05) is 12.2 Å². The van der Waals surface area contributed by atoms with Crippen molar-refractivity contribution in [3.05, 3.63) is 47.0 Å². The summed E-state index contributed by atoms with van der Waals surface area (Å²) >= 11 is 0. The van der Waals surface area contributed by atoms with Gasteiger partial charge in [-0.3, -0.25) is 0 Å². The molecule has 0 amide bonds. The molecule has 0 bridgehead atoms. The van der Waals surface area contributed by atoms with E-state index < -0.39 is 0 Å². The molecule has 0 spiro atoms. The molecule has 29 heavy (non-hydrogen) atoms. The van der Waals surface area contributed by atoms with E-state index in [1.54, 1.807) is 12.1 Å². The van der Waals surface area contributed by atoms with Gasteiger partial charge in [0.05, 0.1) is 5.69 Å². The molecular formula is C21H21N5O3. The lowest BCUT2D eigenvalue weighted by molar-refractivity contribution is 0.0835. The number of rotatable bonds is 6. The molecule has 1 fully saturated rings. The molecular weight excluding hydrogens is 370 g/mol. The lowest BCUT2D eigenvalue weighted by atomic mass is 10.0. The summed E-state index contributed by atoms with van der Waals surface area (Å²) in [6.45, 7) is 4.71. The molecule has 1 saturated heterocycles. The Bertz CT molecular complexity index is 1030. The SMILES string of the molecule is CCc1nnc(Oc2ccc(-c3noc(C4CCCO4)n3)cc2)c(C#N)c1CC. The maximum atomic E-state index is 9.58. The van der Waals surface area contributed by atoms with Crippen molar-refractivity contribution in [3.8, 4) is 29.1 Å². The number of hydrogen-bond donors (Lipinski definition) is 0. The Hall–Kier alpha value is -3.31. The van der Waals surface area contributed by atoms with Crippen LogP contribution in [-0.2, 0) is 17.6 Å². The number of nitrogens with zero attached hydrogens (tertiary/aromatic N) is 5. The summed E-state index contributed by atoms with van der Waals surface area (Å²) in [7, 11) is 0. The highest BCUT2D eigenvalue weighted by Gasteiger charge is 2.24. The molecule has 1 aliphatic rings. The number of aromatic nitrogens is 4. The van der Waals surface area contributed by atoms with Crippen molar-refractivity contribution >= 4 is 0 Å². The predicted molar refractivity (Wildman–Crippen MR) is 103 cm³/mol. The standard InChI is InChI=1S/C21H21N5O3/c1-3-15-16(12-22)20(25-24-17(15)4-2)28-14-9-7-13(8-10-14)19-23-21(29-26-19)18-6-5-11-27-18/h7-10,18H,3-6,11H2,1-2H3. The van der Waals surface area contributed by atoms with Crippen LogP contribution < -0.4 is 4.74 Å². The smallest absolute Gasteiger partial charge is 0.257 e. The first-order valence-corrected chi connectivity index (χ1v) is 9.75. The third kappa shape index (κ3) is 3.82. The van der Waals surface area contributed by atoms with Gasteiger partial charge >= 0.3 is 0 Å². The van der Waals surface area contributed by atoms with Gasteiger partial charge in [-0.25, -0.2) is 0 Å². The highest BCUT2D eigenvalue weighted by molar-refractivity contribution is 5.56. The van der Waals surface area contributed by atoms with Gasteiger partial charge in [-0.05, 0) is 55.5 Å². The summed E-state index contributed by atoms with van der Waals surface area (Å²) < 4.78 is 16.7. The molecule has 3 heterocycles. The van der Waals surface area contributed by atoms with Crippen molar-refractivity contribution in [2.75, 3.05) is 6.61 Å². The van der Waals surface area contributed by atoms with Crippen LogP contribution in [0.5, 0.6) is 11.6 Å². The molecule has 1 aliphatic heterocycles. The van der Waals surface area contributed by atoms with Crippen LogP contribution in [-0.4, -0.2) is 26.9 Å². The fourth-order valence-corrected chi connectivity index (χ4v) is 3.38. The van der Waals surface area contributed by atoms with Crippen LogP contribution in [0, 0.1) is 11.3 Å². The Morgan fingerprint density at radius 1 is 1.17 bits per heavy atom. The molecule has 2 aromatic heterocycles. The minimum atomic E-state index is -0.110. The molecule has 1 unspecified atom stereocenters. The molecule has 8 nitrogen and oxygen atoms in total. The van der Waals surface area contributed by atoms with Crippen LogP contribution >= 0.6 is 0 Å². The summed E-state index contributed by atoms with van der Waals surface area (Å²) in [5, 5.41) is 21.9. The number of nitriles is 1. The normalized spacial score (nSPS) is 16.0. The minimum absolute atomic E-state index is 0.110. The van der Waals surface area contributed by atoms with Crippen LogP contribution in [0.2, 0.25) is 0 Å². The Morgan fingerprint density at radius 2 is 2.00 bits per heavy atom. The maximum Gasteiger partial charge on any atom is 0.257 e. The second-order valence-electron chi connectivity index (χ2n) is 6.71. The first kappa shape index (κ1) is 19.0. The van der Waals surface area contributed by atoms with E-state index >= 15 is 0 Å². The van der Waals surface area contributed by atoms with Crippen LogP contribution in [0.1, 0.15) is 55.5 Å². The van der Waals surface area contributed by atoms with Gasteiger partial charge in [0.15, 0.2) is 0 Å². The zero-order valence-electron chi connectivity index (χ0n) is 16.4. The second-order valence-corrected chi connectivity index (χ2v) is 6.71. The van der Waals surface area contributed by atoms with Crippen molar-refractivity contribution in [2.24, 2.45) is 0 Å². The number of aryl methyl sites for hydroxylation is 1. The van der Waals surface area contributed by atoms with E-state index in [4.69, 9.17) is 14.0 Å². The average Bonchev–Trinajstić information content (AvgIpc) is 3.45. The van der Waals surface area contributed by atoms with Gasteiger partial charge in [-0.1, -0.05) is 19.0 Å². The van der Waals surface area contributed by atoms with Crippen molar-refractivity contribution in [3.63, 3.8) is 0 Å². The quantitative estimate of drug-likeness (QED) is 0.616. The van der Waals surface area contributed by atoms with Crippen LogP contribution in [0.4, 0.5) is 0 Å². The summed E-state index contributed by atoms with van der Waals surface area (Å²) in [6, 6.07) is 9.43. The number of ether oxygens (including phenoxy) is 2. The highest BCUT2D eigenvalue weighted by Crippen LogP contribution is 2.30. The van der Waals surface area contributed by atoms with E-state index in [1.807, 2.05) is 26.0 Å². The van der Waals surface area contributed by atoms with Crippen LogP contribution in [0.15, 0.2) is 28.8 Å². The molecule has 0 radical (unpaired) electrons. The Labute approximate surface area is 168 Å². The zero-order chi connectivity index (χ0) is 20.2.